The average molecular weight is 352 g/mol. The third kappa shape index (κ3) is 3.78. The van der Waals surface area contributed by atoms with E-state index in [1.807, 2.05) is 12.1 Å². The number of phenols is 1. The fourth-order valence-corrected chi connectivity index (χ4v) is 4.43. The van der Waals surface area contributed by atoms with E-state index in [4.69, 9.17) is 9.05 Å². The summed E-state index contributed by atoms with van der Waals surface area (Å²) >= 11 is 0. The highest BCUT2D eigenvalue weighted by atomic mass is 31.2. The summed E-state index contributed by atoms with van der Waals surface area (Å²) in [7, 11) is -3.84. The van der Waals surface area contributed by atoms with Crippen LogP contribution in [0.2, 0.25) is 0 Å². The van der Waals surface area contributed by atoms with Crippen molar-refractivity contribution in [3.05, 3.63) is 42.0 Å². The number of hydrogen-bond donors (Lipinski definition) is 2. The number of carboxylic acids is 1. The van der Waals surface area contributed by atoms with Gasteiger partial charge in [0.25, 0.3) is 0 Å². The minimum Gasteiger partial charge on any atom is -0.507 e. The number of fused-ring (bicyclic) bond motifs is 1. The molecule has 1 atom stereocenters. The molecule has 130 valence electrons. The molecule has 6 nitrogen and oxygen atoms in total. The standard InChI is InChI=1S/C17H21O6P/c1-3-22-24(21,23-4-2)15(17(19)20)11-13-10-9-12-7-5-6-8-14(12)16(13)18/h5-10,15,18H,3-4,11H2,1-2H3,(H,19,20). The molecule has 7 heteroatoms. The van der Waals surface area contributed by atoms with Crippen LogP contribution in [0.3, 0.4) is 0 Å². The summed E-state index contributed by atoms with van der Waals surface area (Å²) in [5.74, 6) is -1.30. The van der Waals surface area contributed by atoms with Gasteiger partial charge in [0.15, 0.2) is 5.66 Å². The van der Waals surface area contributed by atoms with Crippen molar-refractivity contribution in [2.24, 2.45) is 0 Å². The summed E-state index contributed by atoms with van der Waals surface area (Å²) in [6.45, 7) is 3.39. The van der Waals surface area contributed by atoms with Gasteiger partial charge in [-0.3, -0.25) is 9.36 Å². The number of rotatable bonds is 8. The zero-order valence-electron chi connectivity index (χ0n) is 13.6. The van der Waals surface area contributed by atoms with Crippen LogP contribution in [0.1, 0.15) is 19.4 Å². The fraction of sp³-hybridized carbons (Fsp3) is 0.353. The van der Waals surface area contributed by atoms with Gasteiger partial charge in [-0.15, -0.1) is 0 Å². The van der Waals surface area contributed by atoms with Crippen molar-refractivity contribution in [2.45, 2.75) is 25.9 Å². The van der Waals surface area contributed by atoms with Crippen LogP contribution < -0.4 is 0 Å². The molecule has 2 aromatic rings. The van der Waals surface area contributed by atoms with Crippen LogP contribution in [0.25, 0.3) is 10.8 Å². The van der Waals surface area contributed by atoms with Crippen molar-refractivity contribution < 1.29 is 28.6 Å². The maximum Gasteiger partial charge on any atom is 0.345 e. The normalized spacial score (nSPS) is 13.1. The highest BCUT2D eigenvalue weighted by molar-refractivity contribution is 7.55. The highest BCUT2D eigenvalue weighted by Crippen LogP contribution is 2.54. The fourth-order valence-electron chi connectivity index (χ4n) is 2.58. The van der Waals surface area contributed by atoms with Crippen LogP contribution >= 0.6 is 7.60 Å². The van der Waals surface area contributed by atoms with Gasteiger partial charge in [0.2, 0.25) is 0 Å². The second kappa shape index (κ2) is 7.79. The van der Waals surface area contributed by atoms with Gasteiger partial charge >= 0.3 is 13.6 Å². The van der Waals surface area contributed by atoms with Crippen molar-refractivity contribution >= 4 is 24.3 Å². The van der Waals surface area contributed by atoms with Gasteiger partial charge in [-0.05, 0) is 24.8 Å². The van der Waals surface area contributed by atoms with Crippen LogP contribution in [0.5, 0.6) is 5.75 Å². The van der Waals surface area contributed by atoms with Crippen molar-refractivity contribution in [1.29, 1.82) is 0 Å². The molecule has 0 saturated heterocycles. The van der Waals surface area contributed by atoms with E-state index in [2.05, 4.69) is 0 Å². The Morgan fingerprint density at radius 3 is 2.33 bits per heavy atom. The second-order valence-electron chi connectivity index (χ2n) is 5.23. The first-order chi connectivity index (χ1) is 11.4. The van der Waals surface area contributed by atoms with Crippen LogP contribution in [-0.2, 0) is 24.8 Å². The molecule has 2 N–H and O–H groups in total. The van der Waals surface area contributed by atoms with E-state index in [1.165, 1.54) is 0 Å². The van der Waals surface area contributed by atoms with Gasteiger partial charge in [0, 0.05) is 11.8 Å². The molecule has 2 rings (SSSR count). The van der Waals surface area contributed by atoms with Crippen molar-refractivity contribution in [2.75, 3.05) is 13.2 Å². The van der Waals surface area contributed by atoms with Crippen LogP contribution in [0, 0.1) is 0 Å². The van der Waals surface area contributed by atoms with Crippen LogP contribution in [0.15, 0.2) is 36.4 Å². The lowest BCUT2D eigenvalue weighted by Gasteiger charge is -2.23. The quantitative estimate of drug-likeness (QED) is 0.702. The zero-order chi connectivity index (χ0) is 17.7. The van der Waals surface area contributed by atoms with E-state index in [0.29, 0.717) is 10.9 Å². The molecule has 0 aliphatic heterocycles. The second-order valence-corrected chi connectivity index (χ2v) is 7.45. The van der Waals surface area contributed by atoms with Crippen molar-refractivity contribution in [3.63, 3.8) is 0 Å². The average Bonchev–Trinajstić information content (AvgIpc) is 2.54. The number of phenolic OH excluding ortho intramolecular Hbond substituents is 1. The molecule has 0 aliphatic rings. The maximum atomic E-state index is 12.8. The monoisotopic (exact) mass is 352 g/mol. The summed E-state index contributed by atoms with van der Waals surface area (Å²) in [6.07, 6.45) is -0.150. The molecule has 0 amide bonds. The molecule has 0 radical (unpaired) electrons. The van der Waals surface area contributed by atoms with Crippen molar-refractivity contribution in [3.8, 4) is 5.75 Å². The Hall–Kier alpha value is -1.88. The predicted molar refractivity (Wildman–Crippen MR) is 91.6 cm³/mol. The first-order valence-electron chi connectivity index (χ1n) is 7.74. The lowest BCUT2D eigenvalue weighted by atomic mass is 10.0. The van der Waals surface area contributed by atoms with Gasteiger partial charge < -0.3 is 19.3 Å². The molecule has 0 spiro atoms. The number of carboxylic acid groups (broad SMARTS) is 1. The first kappa shape index (κ1) is 18.5. The van der Waals surface area contributed by atoms with E-state index < -0.39 is 19.2 Å². The molecular weight excluding hydrogens is 331 g/mol. The Bertz CT molecular complexity index is 763. The number of hydrogen-bond acceptors (Lipinski definition) is 5. The molecule has 0 heterocycles. The predicted octanol–water partition coefficient (Wildman–Crippen LogP) is 3.81. The minimum atomic E-state index is -3.84. The number of aromatic hydroxyl groups is 1. The lowest BCUT2D eigenvalue weighted by molar-refractivity contribution is -0.137. The number of carbonyl (C=O) groups is 1. The maximum absolute atomic E-state index is 12.8. The molecular formula is C17H21O6P. The first-order valence-corrected chi connectivity index (χ1v) is 9.35. The van der Waals surface area contributed by atoms with Crippen molar-refractivity contribution in [1.82, 2.24) is 0 Å². The molecule has 0 aromatic heterocycles. The largest absolute Gasteiger partial charge is 0.507 e. The highest BCUT2D eigenvalue weighted by Gasteiger charge is 2.41. The molecule has 2 aromatic carbocycles. The summed E-state index contributed by atoms with van der Waals surface area (Å²) in [5.41, 5.74) is -0.995. The van der Waals surface area contributed by atoms with Crippen LogP contribution in [-0.4, -0.2) is 35.1 Å². The Morgan fingerprint density at radius 1 is 1.12 bits per heavy atom. The summed E-state index contributed by atoms with van der Waals surface area (Å²) in [4.78, 5) is 11.7. The van der Waals surface area contributed by atoms with Gasteiger partial charge in [-0.2, -0.15) is 0 Å². The molecule has 1 unspecified atom stereocenters. The van der Waals surface area contributed by atoms with E-state index in [1.54, 1.807) is 38.1 Å². The number of benzene rings is 2. The third-order valence-electron chi connectivity index (χ3n) is 3.68. The van der Waals surface area contributed by atoms with E-state index >= 15 is 0 Å². The Labute approximate surface area is 140 Å². The summed E-state index contributed by atoms with van der Waals surface area (Å²) in [5, 5.41) is 21.4. The smallest absolute Gasteiger partial charge is 0.345 e. The van der Waals surface area contributed by atoms with E-state index in [0.717, 1.165) is 5.39 Å². The minimum absolute atomic E-state index is 0.0149. The summed E-state index contributed by atoms with van der Waals surface area (Å²) < 4.78 is 23.2. The summed E-state index contributed by atoms with van der Waals surface area (Å²) in [6, 6.07) is 10.6. The molecule has 0 saturated carbocycles. The van der Waals surface area contributed by atoms with Gasteiger partial charge in [-0.25, -0.2) is 0 Å². The van der Waals surface area contributed by atoms with E-state index in [9.17, 15) is 19.6 Å². The third-order valence-corrected chi connectivity index (χ3v) is 6.09. The molecule has 24 heavy (non-hydrogen) atoms. The van der Waals surface area contributed by atoms with Crippen LogP contribution in [0.4, 0.5) is 0 Å². The SMILES string of the molecule is CCOP(=O)(OCC)C(Cc1ccc2ccccc2c1O)C(=O)O. The lowest BCUT2D eigenvalue weighted by Crippen LogP contribution is -2.25. The van der Waals surface area contributed by atoms with Gasteiger partial charge in [-0.1, -0.05) is 36.4 Å². The Kier molecular flexibility index (Phi) is 5.99. The molecule has 0 bridgehead atoms. The Morgan fingerprint density at radius 2 is 1.75 bits per heavy atom. The topological polar surface area (TPSA) is 93.1 Å². The number of aliphatic carboxylic acids is 1. The Balaban J connectivity index is 2.42. The molecule has 0 aliphatic carbocycles. The van der Waals surface area contributed by atoms with E-state index in [-0.39, 0.29) is 25.4 Å². The van der Waals surface area contributed by atoms with Gasteiger partial charge in [0.05, 0.1) is 13.2 Å². The zero-order valence-corrected chi connectivity index (χ0v) is 14.5. The molecule has 0 fully saturated rings. The van der Waals surface area contributed by atoms with Gasteiger partial charge in [0.1, 0.15) is 5.75 Å².